The average Bonchev–Trinajstić information content (AvgIpc) is 3.31. The quantitative estimate of drug-likeness (QED) is 0.757. The zero-order valence-corrected chi connectivity index (χ0v) is 14.2. The number of piperidine rings is 2. The first-order valence-corrected chi connectivity index (χ1v) is 9.12. The van der Waals surface area contributed by atoms with Gasteiger partial charge in [-0.05, 0) is 55.3 Å². The molecule has 0 radical (unpaired) electrons. The van der Waals surface area contributed by atoms with E-state index in [1.54, 1.807) is 6.07 Å². The van der Waals surface area contributed by atoms with Crippen LogP contribution >= 0.6 is 0 Å². The van der Waals surface area contributed by atoms with E-state index >= 15 is 0 Å². The van der Waals surface area contributed by atoms with Crippen LogP contribution in [0, 0.1) is 5.92 Å². The van der Waals surface area contributed by atoms with Gasteiger partial charge in [0.1, 0.15) is 6.04 Å². The largest absolute Gasteiger partial charge is 0.314 e. The molecule has 1 aliphatic carbocycles. The molecule has 7 heteroatoms. The molecule has 3 heterocycles. The summed E-state index contributed by atoms with van der Waals surface area (Å²) in [6.07, 6.45) is 2.54. The van der Waals surface area contributed by atoms with Crippen LogP contribution in [0.15, 0.2) is 18.2 Å². The molecular weight excluding hydrogens is 334 g/mol. The van der Waals surface area contributed by atoms with Crippen LogP contribution in [0.4, 0.5) is 0 Å². The second-order valence-corrected chi connectivity index (χ2v) is 7.70. The molecular formula is C19H19N3O4. The topological polar surface area (TPSA) is 95.6 Å². The van der Waals surface area contributed by atoms with E-state index in [0.717, 1.165) is 29.8 Å². The minimum Gasteiger partial charge on any atom is -0.314 e. The molecule has 1 saturated carbocycles. The summed E-state index contributed by atoms with van der Waals surface area (Å²) in [6, 6.07) is 5.15. The van der Waals surface area contributed by atoms with Crippen molar-refractivity contribution < 1.29 is 19.2 Å². The Morgan fingerprint density at radius 3 is 2.50 bits per heavy atom. The van der Waals surface area contributed by atoms with Gasteiger partial charge in [-0.3, -0.25) is 29.4 Å². The van der Waals surface area contributed by atoms with Gasteiger partial charge in [0.25, 0.3) is 11.8 Å². The number of nitrogens with zero attached hydrogens (tertiary/aromatic N) is 1. The molecule has 2 saturated heterocycles. The fourth-order valence-corrected chi connectivity index (χ4v) is 4.96. The summed E-state index contributed by atoms with van der Waals surface area (Å²) in [4.78, 5) is 50.1. The molecule has 4 aliphatic rings. The minimum absolute atomic E-state index is 0.132. The third-order valence-corrected chi connectivity index (χ3v) is 6.26. The molecule has 134 valence electrons. The van der Waals surface area contributed by atoms with Gasteiger partial charge in [-0.15, -0.1) is 0 Å². The molecule has 0 spiro atoms. The zero-order chi connectivity index (χ0) is 18.0. The van der Waals surface area contributed by atoms with Crippen molar-refractivity contribution >= 4 is 23.6 Å². The highest BCUT2D eigenvalue weighted by molar-refractivity contribution is 6.23. The molecule has 4 atom stereocenters. The lowest BCUT2D eigenvalue weighted by atomic mass is 9.86. The number of rotatable bonds is 2. The van der Waals surface area contributed by atoms with Crippen LogP contribution < -0.4 is 10.6 Å². The highest BCUT2D eigenvalue weighted by atomic mass is 16.2. The van der Waals surface area contributed by atoms with Gasteiger partial charge in [0.15, 0.2) is 0 Å². The maximum absolute atomic E-state index is 12.9. The van der Waals surface area contributed by atoms with Crippen LogP contribution in [0.25, 0.3) is 0 Å². The van der Waals surface area contributed by atoms with E-state index in [4.69, 9.17) is 0 Å². The van der Waals surface area contributed by atoms with Crippen molar-refractivity contribution in [2.24, 2.45) is 5.92 Å². The van der Waals surface area contributed by atoms with Crippen LogP contribution in [0.5, 0.6) is 0 Å². The van der Waals surface area contributed by atoms with Gasteiger partial charge in [0.05, 0.1) is 11.1 Å². The Labute approximate surface area is 150 Å². The van der Waals surface area contributed by atoms with E-state index < -0.39 is 23.8 Å². The van der Waals surface area contributed by atoms with Gasteiger partial charge in [-0.1, -0.05) is 6.07 Å². The fraction of sp³-hybridized carbons (Fsp3) is 0.474. The highest BCUT2D eigenvalue weighted by Gasteiger charge is 2.46. The number of carbonyl (C=O) groups excluding carboxylic acids is 4. The Balaban J connectivity index is 1.45. The number of amides is 4. The smallest absolute Gasteiger partial charge is 0.262 e. The summed E-state index contributed by atoms with van der Waals surface area (Å²) in [5.41, 5.74) is 1.83. The predicted molar refractivity (Wildman–Crippen MR) is 90.4 cm³/mol. The molecule has 1 aromatic carbocycles. The molecule has 2 N–H and O–H groups in total. The molecule has 3 fully saturated rings. The molecule has 1 aromatic rings. The number of hydrogen-bond donors (Lipinski definition) is 2. The Morgan fingerprint density at radius 2 is 1.81 bits per heavy atom. The number of hydrogen-bond acceptors (Lipinski definition) is 5. The van der Waals surface area contributed by atoms with E-state index in [2.05, 4.69) is 10.6 Å². The normalized spacial score (nSPS) is 33.0. The van der Waals surface area contributed by atoms with E-state index in [1.165, 1.54) is 0 Å². The first-order chi connectivity index (χ1) is 12.5. The lowest BCUT2D eigenvalue weighted by Gasteiger charge is -2.27. The third kappa shape index (κ3) is 2.16. The van der Waals surface area contributed by atoms with Crippen molar-refractivity contribution in [3.8, 4) is 0 Å². The second kappa shape index (κ2) is 5.48. The maximum atomic E-state index is 12.9. The van der Waals surface area contributed by atoms with Crippen molar-refractivity contribution in [1.29, 1.82) is 0 Å². The van der Waals surface area contributed by atoms with Crippen molar-refractivity contribution in [3.05, 3.63) is 34.9 Å². The van der Waals surface area contributed by atoms with Gasteiger partial charge < -0.3 is 5.32 Å². The summed E-state index contributed by atoms with van der Waals surface area (Å²) in [5.74, 6) is -0.816. The average molecular weight is 353 g/mol. The monoisotopic (exact) mass is 353 g/mol. The lowest BCUT2D eigenvalue weighted by molar-refractivity contribution is -0.136. The van der Waals surface area contributed by atoms with Gasteiger partial charge >= 0.3 is 0 Å². The van der Waals surface area contributed by atoms with Gasteiger partial charge in [0.2, 0.25) is 11.8 Å². The number of fused-ring (bicyclic) bond motifs is 3. The summed E-state index contributed by atoms with van der Waals surface area (Å²) in [7, 11) is 0. The highest BCUT2D eigenvalue weighted by Crippen LogP contribution is 2.44. The van der Waals surface area contributed by atoms with Crippen LogP contribution in [-0.2, 0) is 9.59 Å². The second-order valence-electron chi connectivity index (χ2n) is 7.70. The molecule has 5 rings (SSSR count). The third-order valence-electron chi connectivity index (χ3n) is 6.26. The molecule has 3 aliphatic heterocycles. The van der Waals surface area contributed by atoms with E-state index in [0.29, 0.717) is 29.0 Å². The molecule has 4 unspecified atom stereocenters. The zero-order valence-electron chi connectivity index (χ0n) is 14.2. The number of imide groups is 2. The van der Waals surface area contributed by atoms with Gasteiger partial charge in [-0.2, -0.15) is 0 Å². The van der Waals surface area contributed by atoms with Crippen LogP contribution in [-0.4, -0.2) is 47.2 Å². The first kappa shape index (κ1) is 15.7. The van der Waals surface area contributed by atoms with E-state index in [-0.39, 0.29) is 18.7 Å². The van der Waals surface area contributed by atoms with Crippen LogP contribution in [0.1, 0.15) is 57.9 Å². The van der Waals surface area contributed by atoms with Crippen molar-refractivity contribution in [3.63, 3.8) is 0 Å². The van der Waals surface area contributed by atoms with Crippen molar-refractivity contribution in [1.82, 2.24) is 15.5 Å². The maximum Gasteiger partial charge on any atom is 0.262 e. The molecule has 0 aromatic heterocycles. The Kier molecular flexibility index (Phi) is 3.31. The number of carbonyl (C=O) groups is 4. The fourth-order valence-electron chi connectivity index (χ4n) is 4.96. The summed E-state index contributed by atoms with van der Waals surface area (Å²) in [6.45, 7) is 1.00. The summed E-state index contributed by atoms with van der Waals surface area (Å²) in [5, 5.41) is 5.70. The number of nitrogens with one attached hydrogen (secondary N) is 2. The van der Waals surface area contributed by atoms with Gasteiger partial charge in [0, 0.05) is 12.5 Å². The Hall–Kier alpha value is -2.54. The predicted octanol–water partition coefficient (Wildman–Crippen LogP) is 0.553. The van der Waals surface area contributed by atoms with Crippen LogP contribution in [0.2, 0.25) is 0 Å². The summed E-state index contributed by atoms with van der Waals surface area (Å²) >= 11 is 0. The van der Waals surface area contributed by atoms with E-state index in [1.807, 2.05) is 12.1 Å². The van der Waals surface area contributed by atoms with Crippen molar-refractivity contribution in [2.45, 2.75) is 43.7 Å². The minimum atomic E-state index is -0.907. The first-order valence-electron chi connectivity index (χ1n) is 9.12. The molecule has 26 heavy (non-hydrogen) atoms. The molecule has 4 amide bonds. The Bertz CT molecular complexity index is 864. The standard InChI is InChI=1S/C19H19N3O4/c23-16-4-3-15(17(24)21-16)22-18(25)12-2-1-9(6-14(12)19(22)26)13-7-11-5-10(13)8-20-11/h1-2,6,10-11,13,15,20H,3-5,7-8H2,(H,21,23,24). The van der Waals surface area contributed by atoms with Gasteiger partial charge in [-0.25, -0.2) is 0 Å². The summed E-state index contributed by atoms with van der Waals surface area (Å²) < 4.78 is 0. The number of benzene rings is 1. The molecule has 2 bridgehead atoms. The SMILES string of the molecule is O=C1CCC(N2C(=O)c3ccc(C4CC5CC4CN5)cc3C2=O)C(=O)N1. The Morgan fingerprint density at radius 1 is 1.00 bits per heavy atom. The van der Waals surface area contributed by atoms with Crippen LogP contribution in [0.3, 0.4) is 0 Å². The van der Waals surface area contributed by atoms with Crippen molar-refractivity contribution in [2.75, 3.05) is 6.54 Å². The lowest BCUT2D eigenvalue weighted by Crippen LogP contribution is -2.54. The molecule has 7 nitrogen and oxygen atoms in total. The van der Waals surface area contributed by atoms with E-state index in [9.17, 15) is 19.2 Å².